The van der Waals surface area contributed by atoms with E-state index in [1.807, 2.05) is 19.9 Å². The van der Waals surface area contributed by atoms with Gasteiger partial charge in [-0.1, -0.05) is 34.4 Å². The highest BCUT2D eigenvalue weighted by Crippen LogP contribution is 2.40. The molecule has 8 nitrogen and oxygen atoms in total. The van der Waals surface area contributed by atoms with Gasteiger partial charge in [-0.2, -0.15) is 0 Å². The van der Waals surface area contributed by atoms with Crippen molar-refractivity contribution in [3.8, 4) is 11.5 Å². The molecule has 0 spiro atoms. The molecule has 0 bridgehead atoms. The number of hydrogen-bond donors (Lipinski definition) is 1. The lowest BCUT2D eigenvalue weighted by molar-refractivity contribution is -0.117. The number of halogens is 2. The molecule has 0 saturated carbocycles. The zero-order valence-corrected chi connectivity index (χ0v) is 18.1. The summed E-state index contributed by atoms with van der Waals surface area (Å²) in [5.41, 5.74) is 2.25. The first-order valence-electron chi connectivity index (χ1n) is 9.43. The first-order chi connectivity index (χ1) is 14.7. The van der Waals surface area contributed by atoms with Gasteiger partial charge in [0.05, 0.1) is 22.2 Å². The predicted molar refractivity (Wildman–Crippen MR) is 114 cm³/mol. The fourth-order valence-electron chi connectivity index (χ4n) is 3.48. The molecule has 0 saturated heterocycles. The summed E-state index contributed by atoms with van der Waals surface area (Å²) in [6.07, 6.45) is 0.265. The zero-order valence-electron chi connectivity index (χ0n) is 16.6. The maximum atomic E-state index is 12.3. The van der Waals surface area contributed by atoms with Crippen molar-refractivity contribution in [3.63, 3.8) is 0 Å². The number of rotatable bonds is 6. The first-order valence-corrected chi connectivity index (χ1v) is 10.2. The van der Waals surface area contributed by atoms with Crippen LogP contribution in [-0.4, -0.2) is 27.9 Å². The molecule has 1 aliphatic heterocycles. The molecule has 160 valence electrons. The Morgan fingerprint density at radius 2 is 1.94 bits per heavy atom. The molecule has 1 N–H and O–H groups in total. The number of aromatic nitrogens is 2. The van der Waals surface area contributed by atoms with Gasteiger partial charge in [-0.05, 0) is 43.2 Å². The molecule has 3 aromatic rings. The molecule has 0 aliphatic carbocycles. The number of amides is 1. The van der Waals surface area contributed by atoms with Crippen LogP contribution in [0.1, 0.15) is 35.6 Å². The van der Waals surface area contributed by atoms with Crippen molar-refractivity contribution in [1.82, 2.24) is 10.1 Å². The maximum absolute atomic E-state index is 12.3. The number of carbonyl (C=O) groups excluding carboxylic acids is 2. The Bertz CT molecular complexity index is 1220. The van der Waals surface area contributed by atoms with Crippen molar-refractivity contribution in [2.75, 3.05) is 4.90 Å². The number of nitrogens with one attached hydrogen (secondary N) is 1. The van der Waals surface area contributed by atoms with E-state index in [0.717, 1.165) is 11.3 Å². The molecule has 0 unspecified atom stereocenters. The van der Waals surface area contributed by atoms with Gasteiger partial charge >= 0.3 is 5.76 Å². The van der Waals surface area contributed by atoms with Crippen LogP contribution in [0.15, 0.2) is 39.6 Å². The lowest BCUT2D eigenvalue weighted by atomic mass is 10.1. The molecule has 1 aliphatic rings. The van der Waals surface area contributed by atoms with E-state index in [-0.39, 0.29) is 40.0 Å². The van der Waals surface area contributed by atoms with Gasteiger partial charge in [0.15, 0.2) is 5.75 Å². The van der Waals surface area contributed by atoms with Crippen LogP contribution in [0.4, 0.5) is 5.69 Å². The third-order valence-corrected chi connectivity index (χ3v) is 5.35. The molecule has 1 aromatic heterocycles. The summed E-state index contributed by atoms with van der Waals surface area (Å²) in [4.78, 5) is 39.4. The lowest BCUT2D eigenvalue weighted by Gasteiger charge is -2.22. The Hall–Kier alpha value is -3.10. The van der Waals surface area contributed by atoms with Crippen molar-refractivity contribution in [3.05, 3.63) is 67.9 Å². The van der Waals surface area contributed by atoms with Crippen LogP contribution in [-0.2, 0) is 17.6 Å². The molecule has 2 aromatic carbocycles. The number of ether oxygens (including phenoxy) is 1. The largest absolute Gasteiger partial charge is 0.454 e. The van der Waals surface area contributed by atoms with Crippen LogP contribution in [0.5, 0.6) is 11.5 Å². The van der Waals surface area contributed by atoms with Crippen LogP contribution in [0.25, 0.3) is 0 Å². The summed E-state index contributed by atoms with van der Waals surface area (Å²) in [5, 5.41) is 3.79. The minimum absolute atomic E-state index is 0.0210. The molecule has 0 atom stereocenters. The van der Waals surface area contributed by atoms with Gasteiger partial charge in [-0.25, -0.2) is 4.79 Å². The number of H-pyrrole nitrogens is 1. The fourth-order valence-corrected chi connectivity index (χ4v) is 4.09. The normalized spacial score (nSPS) is 13.1. The second-order valence-corrected chi connectivity index (χ2v) is 8.17. The van der Waals surface area contributed by atoms with E-state index in [1.54, 1.807) is 29.2 Å². The highest BCUT2D eigenvalue weighted by atomic mass is 35.5. The highest BCUT2D eigenvalue weighted by Gasteiger charge is 2.29. The summed E-state index contributed by atoms with van der Waals surface area (Å²) in [6, 6.07) is 8.50. The second-order valence-electron chi connectivity index (χ2n) is 7.36. The van der Waals surface area contributed by atoms with Gasteiger partial charge in [0, 0.05) is 18.5 Å². The average Bonchev–Trinajstić information content (AvgIpc) is 3.26. The van der Waals surface area contributed by atoms with Gasteiger partial charge in [0.2, 0.25) is 17.5 Å². The van der Waals surface area contributed by atoms with Gasteiger partial charge in [0.25, 0.3) is 0 Å². The van der Waals surface area contributed by atoms with E-state index in [4.69, 9.17) is 27.9 Å². The average molecular weight is 462 g/mol. The van der Waals surface area contributed by atoms with Crippen LogP contribution in [0.3, 0.4) is 0 Å². The van der Waals surface area contributed by atoms with E-state index < -0.39 is 11.5 Å². The standard InChI is InChI=1S/C21H17Cl2N3O5/c1-10(2)26-16-9-13(4-3-12(16)8-18(26)28)30-19-14(22)5-11(6-15(19)23)7-17(27)20-24-21(29)31-25-20/h3-6,9-10H,7-8H2,1-2H3,(H,24,25,29). The molecular weight excluding hydrogens is 445 g/mol. The summed E-state index contributed by atoms with van der Waals surface area (Å²) >= 11 is 12.7. The van der Waals surface area contributed by atoms with Crippen LogP contribution in [0, 0.1) is 0 Å². The topological polar surface area (TPSA) is 106 Å². The third kappa shape index (κ3) is 4.22. The molecule has 2 heterocycles. The van der Waals surface area contributed by atoms with E-state index in [2.05, 4.69) is 14.7 Å². The summed E-state index contributed by atoms with van der Waals surface area (Å²) < 4.78 is 10.3. The van der Waals surface area contributed by atoms with Gasteiger partial charge in [-0.15, -0.1) is 0 Å². The Morgan fingerprint density at radius 3 is 2.55 bits per heavy atom. The van der Waals surface area contributed by atoms with E-state index in [9.17, 15) is 14.4 Å². The van der Waals surface area contributed by atoms with E-state index in [0.29, 0.717) is 17.7 Å². The molecule has 31 heavy (non-hydrogen) atoms. The number of fused-ring (bicyclic) bond motifs is 1. The summed E-state index contributed by atoms with van der Waals surface area (Å²) in [6.45, 7) is 3.89. The van der Waals surface area contributed by atoms with Crippen LogP contribution < -0.4 is 15.4 Å². The Morgan fingerprint density at radius 1 is 1.23 bits per heavy atom. The van der Waals surface area contributed by atoms with E-state index >= 15 is 0 Å². The Balaban J connectivity index is 1.57. The van der Waals surface area contributed by atoms with Gasteiger partial charge in [-0.3, -0.25) is 19.1 Å². The smallest absolute Gasteiger partial charge is 0.439 e. The quantitative estimate of drug-likeness (QED) is 0.551. The number of benzene rings is 2. The molecule has 10 heteroatoms. The summed E-state index contributed by atoms with van der Waals surface area (Å²) in [5.74, 6) is -0.693. The van der Waals surface area contributed by atoms with Crippen LogP contribution >= 0.6 is 23.2 Å². The number of aromatic amines is 1. The molecule has 0 fully saturated rings. The van der Waals surface area contributed by atoms with Gasteiger partial charge in [0.1, 0.15) is 5.75 Å². The van der Waals surface area contributed by atoms with Crippen molar-refractivity contribution in [2.45, 2.75) is 32.7 Å². The molecule has 4 rings (SSSR count). The zero-order chi connectivity index (χ0) is 22.3. The highest BCUT2D eigenvalue weighted by molar-refractivity contribution is 6.37. The fraction of sp³-hybridized carbons (Fsp3) is 0.238. The maximum Gasteiger partial charge on any atom is 0.439 e. The number of nitrogens with zero attached hydrogens (tertiary/aromatic N) is 2. The second kappa shape index (κ2) is 8.20. The predicted octanol–water partition coefficient (Wildman–Crippen LogP) is 4.18. The first kappa shape index (κ1) is 21.1. The van der Waals surface area contributed by atoms with Crippen molar-refractivity contribution >= 4 is 40.6 Å². The lowest BCUT2D eigenvalue weighted by Crippen LogP contribution is -2.33. The SMILES string of the molecule is CC(C)N1C(=O)Cc2ccc(Oc3c(Cl)cc(CC(=O)c4noc(=O)[nH]4)cc3Cl)cc21. The number of anilines is 1. The van der Waals surface area contributed by atoms with Gasteiger partial charge < -0.3 is 9.64 Å². The monoisotopic (exact) mass is 461 g/mol. The molecular formula is C21H17Cl2N3O5. The minimum atomic E-state index is -0.810. The molecule has 1 amide bonds. The number of carbonyl (C=O) groups is 2. The van der Waals surface area contributed by atoms with Crippen LogP contribution in [0.2, 0.25) is 10.0 Å². The summed E-state index contributed by atoms with van der Waals surface area (Å²) in [7, 11) is 0. The van der Waals surface area contributed by atoms with Crippen molar-refractivity contribution < 1.29 is 18.8 Å². The number of hydrogen-bond acceptors (Lipinski definition) is 6. The minimum Gasteiger partial charge on any atom is -0.454 e. The van der Waals surface area contributed by atoms with E-state index in [1.165, 1.54) is 0 Å². The third-order valence-electron chi connectivity index (χ3n) is 4.79. The molecule has 0 radical (unpaired) electrons. The van der Waals surface area contributed by atoms with Crippen molar-refractivity contribution in [1.29, 1.82) is 0 Å². The van der Waals surface area contributed by atoms with Crippen molar-refractivity contribution in [2.24, 2.45) is 0 Å². The number of ketones is 1. The Labute approximate surface area is 186 Å². The number of Topliss-reactive ketones (excluding diaryl/α,β-unsaturated/α-hetero) is 1. The Kier molecular flexibility index (Phi) is 5.60.